The molecule has 98 valence electrons. The third-order valence-electron chi connectivity index (χ3n) is 2.43. The molecule has 2 aromatic carbocycles. The quantitative estimate of drug-likeness (QED) is 0.628. The average Bonchev–Trinajstić information content (AvgIpc) is 2.41. The first kappa shape index (κ1) is 12.9. The molecule has 0 bridgehead atoms. The summed E-state index contributed by atoms with van der Waals surface area (Å²) in [6.45, 7) is -0.00162. The van der Waals surface area contributed by atoms with E-state index in [0.29, 0.717) is 6.07 Å². The zero-order valence-electron chi connectivity index (χ0n) is 9.68. The maximum atomic E-state index is 13.4. The van der Waals surface area contributed by atoms with Gasteiger partial charge in [0.15, 0.2) is 11.6 Å². The van der Waals surface area contributed by atoms with E-state index in [1.165, 1.54) is 0 Å². The zero-order valence-corrected chi connectivity index (χ0v) is 9.68. The van der Waals surface area contributed by atoms with Gasteiger partial charge in [-0.15, -0.1) is 0 Å². The fourth-order valence-corrected chi connectivity index (χ4v) is 1.50. The van der Waals surface area contributed by atoms with Crippen molar-refractivity contribution < 1.29 is 18.4 Å². The number of nitro benzene ring substituents is 1. The summed E-state index contributed by atoms with van der Waals surface area (Å²) in [5.74, 6) is -3.02. The molecule has 0 saturated heterocycles. The molecule has 0 heterocycles. The van der Waals surface area contributed by atoms with Gasteiger partial charge in [0.2, 0.25) is 5.82 Å². The number of hydrogen-bond acceptors (Lipinski definition) is 3. The molecule has 0 amide bonds. The Morgan fingerprint density at radius 3 is 2.47 bits per heavy atom. The summed E-state index contributed by atoms with van der Waals surface area (Å²) in [5.41, 5.74) is 0.191. The zero-order chi connectivity index (χ0) is 13.8. The third-order valence-corrected chi connectivity index (χ3v) is 2.43. The summed E-state index contributed by atoms with van der Waals surface area (Å²) >= 11 is 0. The molecule has 0 unspecified atom stereocenters. The fraction of sp³-hybridized carbons (Fsp3) is 0.0769. The smallest absolute Gasteiger partial charge is 0.276 e. The van der Waals surface area contributed by atoms with Crippen LogP contribution in [0, 0.1) is 21.7 Å². The third kappa shape index (κ3) is 3.04. The lowest BCUT2D eigenvalue weighted by molar-refractivity contribution is -0.385. The van der Waals surface area contributed by atoms with Crippen LogP contribution in [0.4, 0.5) is 14.5 Å². The lowest BCUT2D eigenvalue weighted by Gasteiger charge is -2.07. The minimum absolute atomic E-state index is 0.00162. The van der Waals surface area contributed by atoms with E-state index < -0.39 is 28.0 Å². The number of nitrogens with zero attached hydrogens (tertiary/aromatic N) is 1. The first-order chi connectivity index (χ1) is 9.08. The molecular formula is C13H9F2NO3. The summed E-state index contributed by atoms with van der Waals surface area (Å²) in [5, 5.41) is 10.6. The molecule has 0 fully saturated rings. The van der Waals surface area contributed by atoms with Crippen LogP contribution in [0.2, 0.25) is 0 Å². The van der Waals surface area contributed by atoms with E-state index in [0.717, 1.165) is 11.6 Å². The monoisotopic (exact) mass is 265 g/mol. The van der Waals surface area contributed by atoms with E-state index in [-0.39, 0.29) is 6.61 Å². The molecule has 0 aliphatic rings. The number of halogens is 2. The molecular weight excluding hydrogens is 256 g/mol. The Kier molecular flexibility index (Phi) is 3.70. The van der Waals surface area contributed by atoms with Gasteiger partial charge in [-0.1, -0.05) is 30.3 Å². The summed E-state index contributed by atoms with van der Waals surface area (Å²) in [4.78, 5) is 9.74. The summed E-state index contributed by atoms with van der Waals surface area (Å²) < 4.78 is 31.7. The Bertz CT molecular complexity index is 602. The van der Waals surface area contributed by atoms with Crippen molar-refractivity contribution in [3.8, 4) is 5.75 Å². The summed E-state index contributed by atoms with van der Waals surface area (Å²) in [7, 11) is 0. The predicted molar refractivity (Wildman–Crippen MR) is 63.8 cm³/mol. The maximum Gasteiger partial charge on any atom is 0.276 e. The largest absolute Gasteiger partial charge is 0.485 e. The Hall–Kier alpha value is -2.50. The van der Waals surface area contributed by atoms with Crippen LogP contribution >= 0.6 is 0 Å². The number of ether oxygens (including phenoxy) is 1. The molecule has 2 rings (SSSR count). The van der Waals surface area contributed by atoms with Crippen molar-refractivity contribution in [2.24, 2.45) is 0 Å². The van der Waals surface area contributed by atoms with E-state index >= 15 is 0 Å². The molecule has 0 N–H and O–H groups in total. The first-order valence-corrected chi connectivity index (χ1v) is 5.38. The molecule has 4 nitrogen and oxygen atoms in total. The highest BCUT2D eigenvalue weighted by Crippen LogP contribution is 2.27. The minimum atomic E-state index is -1.31. The maximum absolute atomic E-state index is 13.4. The van der Waals surface area contributed by atoms with Gasteiger partial charge in [0.05, 0.1) is 17.1 Å². The number of benzene rings is 2. The SMILES string of the molecule is O=[N+]([O-])c1cc(F)c(F)c(OCc2ccccc2)c1. The average molecular weight is 265 g/mol. The van der Waals surface area contributed by atoms with Gasteiger partial charge in [-0.2, -0.15) is 4.39 Å². The van der Waals surface area contributed by atoms with Gasteiger partial charge in [-0.05, 0) is 5.56 Å². The summed E-state index contributed by atoms with van der Waals surface area (Å²) in [6.07, 6.45) is 0. The van der Waals surface area contributed by atoms with Crippen LogP contribution in [-0.4, -0.2) is 4.92 Å². The van der Waals surface area contributed by atoms with Gasteiger partial charge in [0.1, 0.15) is 6.61 Å². The summed E-state index contributed by atoms with van der Waals surface area (Å²) in [6, 6.07) is 10.2. The van der Waals surface area contributed by atoms with Crippen molar-refractivity contribution in [1.29, 1.82) is 0 Å². The van der Waals surface area contributed by atoms with Crippen molar-refractivity contribution >= 4 is 5.69 Å². The van der Waals surface area contributed by atoms with Gasteiger partial charge in [-0.25, -0.2) is 4.39 Å². The van der Waals surface area contributed by atoms with E-state index in [2.05, 4.69) is 0 Å². The topological polar surface area (TPSA) is 52.4 Å². The predicted octanol–water partition coefficient (Wildman–Crippen LogP) is 3.45. The van der Waals surface area contributed by atoms with Crippen LogP contribution in [0.5, 0.6) is 5.75 Å². The van der Waals surface area contributed by atoms with Gasteiger partial charge >= 0.3 is 0 Å². The number of hydrogen-bond donors (Lipinski definition) is 0. The normalized spacial score (nSPS) is 10.2. The first-order valence-electron chi connectivity index (χ1n) is 5.38. The Morgan fingerprint density at radius 1 is 1.16 bits per heavy atom. The molecule has 0 aromatic heterocycles. The van der Waals surface area contributed by atoms with Crippen LogP contribution in [0.1, 0.15) is 5.56 Å². The molecule has 2 aromatic rings. The lowest BCUT2D eigenvalue weighted by Crippen LogP contribution is -2.00. The van der Waals surface area contributed by atoms with Crippen LogP contribution in [0.3, 0.4) is 0 Å². The highest BCUT2D eigenvalue weighted by atomic mass is 19.2. The molecule has 0 radical (unpaired) electrons. The number of non-ortho nitro benzene ring substituents is 1. The van der Waals surface area contributed by atoms with Crippen LogP contribution in [0.25, 0.3) is 0 Å². The molecule has 19 heavy (non-hydrogen) atoms. The molecule has 0 aliphatic carbocycles. The minimum Gasteiger partial charge on any atom is -0.485 e. The number of rotatable bonds is 4. The molecule has 0 spiro atoms. The van der Waals surface area contributed by atoms with E-state index in [1.54, 1.807) is 30.3 Å². The van der Waals surface area contributed by atoms with Crippen molar-refractivity contribution in [1.82, 2.24) is 0 Å². The van der Waals surface area contributed by atoms with Crippen LogP contribution in [0.15, 0.2) is 42.5 Å². The van der Waals surface area contributed by atoms with Crippen molar-refractivity contribution in [2.75, 3.05) is 0 Å². The molecule has 0 aliphatic heterocycles. The Labute approximate surface area is 107 Å². The van der Waals surface area contributed by atoms with Crippen LogP contribution in [-0.2, 0) is 6.61 Å². The lowest BCUT2D eigenvalue weighted by atomic mass is 10.2. The second kappa shape index (κ2) is 5.43. The highest BCUT2D eigenvalue weighted by Gasteiger charge is 2.17. The molecule has 0 saturated carbocycles. The second-order valence-corrected chi connectivity index (χ2v) is 3.77. The van der Waals surface area contributed by atoms with Crippen molar-refractivity contribution in [3.63, 3.8) is 0 Å². The molecule has 6 heteroatoms. The van der Waals surface area contributed by atoms with Crippen molar-refractivity contribution in [2.45, 2.75) is 6.61 Å². The van der Waals surface area contributed by atoms with E-state index in [1.807, 2.05) is 0 Å². The molecule has 0 atom stereocenters. The van der Waals surface area contributed by atoms with Gasteiger partial charge in [0, 0.05) is 0 Å². The van der Waals surface area contributed by atoms with Gasteiger partial charge in [-0.3, -0.25) is 10.1 Å². The van der Waals surface area contributed by atoms with E-state index in [9.17, 15) is 18.9 Å². The Morgan fingerprint density at radius 2 is 1.84 bits per heavy atom. The highest BCUT2D eigenvalue weighted by molar-refractivity contribution is 5.40. The second-order valence-electron chi connectivity index (χ2n) is 3.77. The van der Waals surface area contributed by atoms with Crippen molar-refractivity contribution in [3.05, 3.63) is 69.8 Å². The van der Waals surface area contributed by atoms with Crippen LogP contribution < -0.4 is 4.74 Å². The van der Waals surface area contributed by atoms with Gasteiger partial charge < -0.3 is 4.74 Å². The number of nitro groups is 1. The Balaban J connectivity index is 2.22. The van der Waals surface area contributed by atoms with Gasteiger partial charge in [0.25, 0.3) is 5.69 Å². The standard InChI is InChI=1S/C13H9F2NO3/c14-11-6-10(16(17)18)7-12(13(11)15)19-8-9-4-2-1-3-5-9/h1-7H,8H2. The fourth-order valence-electron chi connectivity index (χ4n) is 1.50. The van der Waals surface area contributed by atoms with E-state index in [4.69, 9.17) is 4.74 Å².